The maximum Gasteiger partial charge on any atom is 0.266 e. The quantitative estimate of drug-likeness (QED) is 0.823. The molecule has 1 saturated heterocycles. The average molecular weight is 375 g/mol. The molecule has 0 aliphatic carbocycles. The highest BCUT2D eigenvalue weighted by Gasteiger charge is 2.35. The first kappa shape index (κ1) is 18.5. The van der Waals surface area contributed by atoms with Crippen molar-refractivity contribution >= 4 is 23.3 Å². The number of carbonyl (C=O) groups excluding carboxylic acids is 1. The first-order valence-electron chi connectivity index (χ1n) is 8.63. The lowest BCUT2D eigenvalue weighted by Crippen LogP contribution is -2.56. The monoisotopic (exact) mass is 374 g/mol. The highest BCUT2D eigenvalue weighted by molar-refractivity contribution is 6.30. The van der Waals surface area contributed by atoms with Crippen molar-refractivity contribution in [2.75, 3.05) is 31.1 Å². The number of ether oxygens (including phenoxy) is 1. The van der Waals surface area contributed by atoms with E-state index in [1.165, 1.54) is 0 Å². The van der Waals surface area contributed by atoms with E-state index in [0.717, 1.165) is 24.6 Å². The van der Waals surface area contributed by atoms with Gasteiger partial charge in [0.2, 0.25) is 0 Å². The number of amides is 1. The molecule has 0 atom stereocenters. The van der Waals surface area contributed by atoms with Gasteiger partial charge in [0.25, 0.3) is 5.91 Å². The normalized spacial score (nSPS) is 15.1. The van der Waals surface area contributed by atoms with Gasteiger partial charge in [-0.1, -0.05) is 11.6 Å². The lowest BCUT2D eigenvalue weighted by atomic mass is 10.1. The van der Waals surface area contributed by atoms with E-state index in [9.17, 15) is 4.79 Å². The highest BCUT2D eigenvalue weighted by Crippen LogP contribution is 2.23. The van der Waals surface area contributed by atoms with Crippen LogP contribution in [0.15, 0.2) is 36.7 Å². The van der Waals surface area contributed by atoms with Gasteiger partial charge >= 0.3 is 0 Å². The van der Waals surface area contributed by atoms with Gasteiger partial charge in [-0.2, -0.15) is 0 Å². The minimum atomic E-state index is -0.943. The molecule has 0 N–H and O–H groups in total. The van der Waals surface area contributed by atoms with Crippen LogP contribution in [0.5, 0.6) is 5.75 Å². The van der Waals surface area contributed by atoms with Crippen LogP contribution in [-0.4, -0.2) is 52.6 Å². The number of benzene rings is 1. The third kappa shape index (κ3) is 4.25. The Bertz CT molecular complexity index is 771. The highest BCUT2D eigenvalue weighted by atomic mass is 35.5. The summed E-state index contributed by atoms with van der Waals surface area (Å²) < 4.78 is 5.91. The Hall–Kier alpha value is -2.34. The fraction of sp³-hybridized carbons (Fsp3) is 0.421. The summed E-state index contributed by atoms with van der Waals surface area (Å²) in [4.78, 5) is 25.4. The smallest absolute Gasteiger partial charge is 0.266 e. The topological polar surface area (TPSA) is 58.6 Å². The number of aryl methyl sites for hydroxylation is 1. The predicted octanol–water partition coefficient (Wildman–Crippen LogP) is 2.94. The van der Waals surface area contributed by atoms with Crippen LogP contribution in [0.3, 0.4) is 0 Å². The Morgan fingerprint density at radius 1 is 1.12 bits per heavy atom. The van der Waals surface area contributed by atoms with Gasteiger partial charge in [0.1, 0.15) is 17.9 Å². The molecule has 1 fully saturated rings. The average Bonchev–Trinajstić information content (AvgIpc) is 2.63. The summed E-state index contributed by atoms with van der Waals surface area (Å²) in [5.74, 6) is 1.51. The zero-order chi connectivity index (χ0) is 18.7. The summed E-state index contributed by atoms with van der Waals surface area (Å²) in [5, 5.41) is 0.637. The molecule has 1 amide bonds. The Kier molecular flexibility index (Phi) is 5.32. The van der Waals surface area contributed by atoms with Crippen molar-refractivity contribution in [2.45, 2.75) is 26.4 Å². The van der Waals surface area contributed by atoms with E-state index >= 15 is 0 Å². The number of hydrogen-bond donors (Lipinski definition) is 0. The molecule has 1 aromatic carbocycles. The molecule has 6 nitrogen and oxygen atoms in total. The second kappa shape index (κ2) is 7.50. The Morgan fingerprint density at radius 2 is 1.77 bits per heavy atom. The van der Waals surface area contributed by atoms with Gasteiger partial charge in [0.05, 0.1) is 0 Å². The van der Waals surface area contributed by atoms with E-state index in [2.05, 4.69) is 14.9 Å². The van der Waals surface area contributed by atoms with Crippen LogP contribution in [0.4, 0.5) is 5.82 Å². The van der Waals surface area contributed by atoms with E-state index in [4.69, 9.17) is 16.3 Å². The number of rotatable bonds is 4. The van der Waals surface area contributed by atoms with Gasteiger partial charge in [-0.3, -0.25) is 4.79 Å². The molecule has 0 unspecified atom stereocenters. The summed E-state index contributed by atoms with van der Waals surface area (Å²) in [6, 6.07) is 9.00. The standard InChI is InChI=1S/C19H23ClN4O2/c1-14-12-17(22-13-21-14)23-8-10-24(11-9-23)18(25)19(2,3)26-16-6-4-15(20)5-7-16/h4-7,12-13H,8-11H2,1-3H3. The maximum absolute atomic E-state index is 12.9. The predicted molar refractivity (Wildman–Crippen MR) is 102 cm³/mol. The molecule has 0 bridgehead atoms. The number of anilines is 1. The summed E-state index contributed by atoms with van der Waals surface area (Å²) in [6.45, 7) is 8.28. The lowest BCUT2D eigenvalue weighted by molar-refractivity contribution is -0.145. The van der Waals surface area contributed by atoms with E-state index in [1.54, 1.807) is 44.4 Å². The lowest BCUT2D eigenvalue weighted by Gasteiger charge is -2.39. The summed E-state index contributed by atoms with van der Waals surface area (Å²) >= 11 is 5.90. The van der Waals surface area contributed by atoms with Crippen molar-refractivity contribution in [1.29, 1.82) is 0 Å². The molecule has 1 aromatic heterocycles. The molecule has 1 aliphatic heterocycles. The number of halogens is 1. The molecular formula is C19H23ClN4O2. The summed E-state index contributed by atoms with van der Waals surface area (Å²) in [5.41, 5.74) is -0.00684. The van der Waals surface area contributed by atoms with Crippen LogP contribution in [0, 0.1) is 6.92 Å². The SMILES string of the molecule is Cc1cc(N2CCN(C(=O)C(C)(C)Oc3ccc(Cl)cc3)CC2)ncn1. The minimum absolute atomic E-state index is 0.0223. The summed E-state index contributed by atoms with van der Waals surface area (Å²) in [7, 11) is 0. The van der Waals surface area contributed by atoms with Crippen LogP contribution < -0.4 is 9.64 Å². The van der Waals surface area contributed by atoms with E-state index < -0.39 is 5.60 Å². The number of piperazine rings is 1. The molecule has 2 aromatic rings. The number of hydrogen-bond acceptors (Lipinski definition) is 5. The molecule has 2 heterocycles. The molecule has 0 radical (unpaired) electrons. The second-order valence-corrected chi connectivity index (χ2v) is 7.30. The van der Waals surface area contributed by atoms with E-state index in [-0.39, 0.29) is 5.91 Å². The van der Waals surface area contributed by atoms with Gasteiger partial charge < -0.3 is 14.5 Å². The molecule has 0 saturated carbocycles. The van der Waals surface area contributed by atoms with Crippen LogP contribution in [0.1, 0.15) is 19.5 Å². The fourth-order valence-electron chi connectivity index (χ4n) is 2.97. The molecule has 1 aliphatic rings. The van der Waals surface area contributed by atoms with Crippen LogP contribution >= 0.6 is 11.6 Å². The second-order valence-electron chi connectivity index (χ2n) is 6.86. The van der Waals surface area contributed by atoms with Gasteiger partial charge in [0, 0.05) is 43.0 Å². The fourth-order valence-corrected chi connectivity index (χ4v) is 3.10. The van der Waals surface area contributed by atoms with Crippen molar-refractivity contribution in [3.8, 4) is 5.75 Å². The van der Waals surface area contributed by atoms with Crippen LogP contribution in [0.25, 0.3) is 0 Å². The maximum atomic E-state index is 12.9. The van der Waals surface area contributed by atoms with Crippen molar-refractivity contribution in [1.82, 2.24) is 14.9 Å². The molecule has 0 spiro atoms. The Balaban J connectivity index is 1.61. The number of nitrogens with zero attached hydrogens (tertiary/aromatic N) is 4. The number of aromatic nitrogens is 2. The van der Waals surface area contributed by atoms with Gasteiger partial charge in [-0.15, -0.1) is 0 Å². The third-order valence-electron chi connectivity index (χ3n) is 4.38. The largest absolute Gasteiger partial charge is 0.478 e. The summed E-state index contributed by atoms with van der Waals surface area (Å²) in [6.07, 6.45) is 1.57. The third-order valence-corrected chi connectivity index (χ3v) is 4.63. The first-order chi connectivity index (χ1) is 12.3. The molecule has 138 valence electrons. The Labute approximate surface area is 158 Å². The van der Waals surface area contributed by atoms with Crippen LogP contribution in [0.2, 0.25) is 5.02 Å². The minimum Gasteiger partial charge on any atom is -0.478 e. The van der Waals surface area contributed by atoms with E-state index in [0.29, 0.717) is 23.9 Å². The molecule has 3 rings (SSSR count). The number of carbonyl (C=O) groups is 1. The van der Waals surface area contributed by atoms with Crippen molar-refractivity contribution in [2.24, 2.45) is 0 Å². The first-order valence-corrected chi connectivity index (χ1v) is 9.00. The van der Waals surface area contributed by atoms with Gasteiger partial charge in [-0.25, -0.2) is 9.97 Å². The molecular weight excluding hydrogens is 352 g/mol. The van der Waals surface area contributed by atoms with Crippen LogP contribution in [-0.2, 0) is 4.79 Å². The zero-order valence-electron chi connectivity index (χ0n) is 15.3. The van der Waals surface area contributed by atoms with Crippen molar-refractivity contribution in [3.63, 3.8) is 0 Å². The molecule has 7 heteroatoms. The molecule has 26 heavy (non-hydrogen) atoms. The van der Waals surface area contributed by atoms with Gasteiger partial charge in [-0.05, 0) is 45.0 Å². The zero-order valence-corrected chi connectivity index (χ0v) is 16.0. The van der Waals surface area contributed by atoms with Gasteiger partial charge in [0.15, 0.2) is 5.60 Å². The van der Waals surface area contributed by atoms with Crippen molar-refractivity contribution in [3.05, 3.63) is 47.4 Å². The van der Waals surface area contributed by atoms with Crippen molar-refractivity contribution < 1.29 is 9.53 Å². The Morgan fingerprint density at radius 3 is 2.38 bits per heavy atom. The van der Waals surface area contributed by atoms with E-state index in [1.807, 2.05) is 17.9 Å².